The van der Waals surface area contributed by atoms with E-state index in [9.17, 15) is 14.8 Å². The van der Waals surface area contributed by atoms with E-state index in [1.54, 1.807) is 31.4 Å². The van der Waals surface area contributed by atoms with Crippen LogP contribution in [-0.2, 0) is 7.05 Å². The van der Waals surface area contributed by atoms with E-state index in [1.807, 2.05) is 43.3 Å². The normalized spacial score (nSPS) is 12.4. The van der Waals surface area contributed by atoms with Crippen molar-refractivity contribution in [2.45, 2.75) is 19.3 Å². The zero-order valence-corrected chi connectivity index (χ0v) is 18.2. The second-order valence-electron chi connectivity index (χ2n) is 7.63. The van der Waals surface area contributed by atoms with Crippen molar-refractivity contribution in [2.24, 2.45) is 12.2 Å². The highest BCUT2D eigenvalue weighted by Crippen LogP contribution is 2.32. The maximum atomic E-state index is 12.2. The van der Waals surface area contributed by atoms with Gasteiger partial charge < -0.3 is 20.2 Å². The number of aliphatic hydroxyl groups is 1. The number of oxime groups is 1. The Morgan fingerprint density at radius 1 is 1.06 bits per heavy atom. The fraction of sp³-hybridized carbons (Fsp3) is 0.240. The number of pyridine rings is 1. The molecule has 7 heteroatoms. The Morgan fingerprint density at radius 3 is 2.38 bits per heavy atom. The first-order chi connectivity index (χ1) is 15.4. The van der Waals surface area contributed by atoms with Crippen molar-refractivity contribution in [2.75, 3.05) is 13.2 Å². The van der Waals surface area contributed by atoms with E-state index in [0.29, 0.717) is 23.3 Å². The van der Waals surface area contributed by atoms with Crippen LogP contribution >= 0.6 is 0 Å². The summed E-state index contributed by atoms with van der Waals surface area (Å²) >= 11 is 0. The van der Waals surface area contributed by atoms with Crippen molar-refractivity contribution in [3.05, 3.63) is 105 Å². The average molecular weight is 434 g/mol. The van der Waals surface area contributed by atoms with Crippen molar-refractivity contribution in [1.29, 1.82) is 0 Å². The van der Waals surface area contributed by atoms with Gasteiger partial charge in [-0.05, 0) is 41.8 Å². The van der Waals surface area contributed by atoms with Crippen LogP contribution in [0.3, 0.4) is 0 Å². The zero-order chi connectivity index (χ0) is 23.1. The largest absolute Gasteiger partial charge is 0.411 e. The van der Waals surface area contributed by atoms with E-state index in [2.05, 4.69) is 10.5 Å². The molecule has 0 aliphatic rings. The fourth-order valence-electron chi connectivity index (χ4n) is 3.70. The standard InChI is InChI=1S/C25H27N3O4/c1-17-5-3-4-6-21(17)22(15-23(27-32)20-11-12-24(30)28(2)16-20)18-7-9-19(10-8-18)25(31)26-13-14-29/h3-12,16,22,29,32H,13-15H2,1-2H3,(H,26,31)/b27-23+. The summed E-state index contributed by atoms with van der Waals surface area (Å²) < 4.78 is 1.45. The van der Waals surface area contributed by atoms with Crippen LogP contribution in [0.1, 0.15) is 45.0 Å². The van der Waals surface area contributed by atoms with Gasteiger partial charge in [0.05, 0.1) is 12.3 Å². The Balaban J connectivity index is 1.97. The Morgan fingerprint density at radius 2 is 1.75 bits per heavy atom. The van der Waals surface area contributed by atoms with Gasteiger partial charge in [-0.3, -0.25) is 9.59 Å². The van der Waals surface area contributed by atoms with Crippen LogP contribution in [0.2, 0.25) is 0 Å². The summed E-state index contributed by atoms with van der Waals surface area (Å²) in [5.74, 6) is -0.380. The molecule has 3 aromatic rings. The van der Waals surface area contributed by atoms with Crippen LogP contribution < -0.4 is 10.9 Å². The van der Waals surface area contributed by atoms with Gasteiger partial charge in [-0.2, -0.15) is 0 Å². The molecular weight excluding hydrogens is 406 g/mol. The number of nitrogens with one attached hydrogen (secondary N) is 1. The molecule has 2 aromatic carbocycles. The Bertz CT molecular complexity index is 1170. The second kappa shape index (κ2) is 10.5. The number of amides is 1. The molecule has 0 aliphatic heterocycles. The molecule has 0 aliphatic carbocycles. The number of aliphatic hydroxyl groups excluding tert-OH is 1. The molecule has 0 saturated carbocycles. The zero-order valence-electron chi connectivity index (χ0n) is 18.2. The second-order valence-corrected chi connectivity index (χ2v) is 7.63. The third-order valence-electron chi connectivity index (χ3n) is 5.47. The van der Waals surface area contributed by atoms with E-state index in [1.165, 1.54) is 10.6 Å². The highest BCUT2D eigenvalue weighted by molar-refractivity contribution is 6.00. The van der Waals surface area contributed by atoms with E-state index in [-0.39, 0.29) is 30.5 Å². The predicted molar refractivity (Wildman–Crippen MR) is 124 cm³/mol. The van der Waals surface area contributed by atoms with Crippen LogP contribution in [0.25, 0.3) is 0 Å². The lowest BCUT2D eigenvalue weighted by atomic mass is 9.83. The third-order valence-corrected chi connectivity index (χ3v) is 5.47. The molecule has 1 unspecified atom stereocenters. The van der Waals surface area contributed by atoms with Crippen molar-refractivity contribution >= 4 is 11.6 Å². The summed E-state index contributed by atoms with van der Waals surface area (Å²) in [4.78, 5) is 23.9. The van der Waals surface area contributed by atoms with Crippen molar-refractivity contribution < 1.29 is 15.1 Å². The number of aryl methyl sites for hydroxylation is 2. The first-order valence-corrected chi connectivity index (χ1v) is 10.4. The van der Waals surface area contributed by atoms with Gasteiger partial charge in [-0.25, -0.2) is 0 Å². The first kappa shape index (κ1) is 23.0. The van der Waals surface area contributed by atoms with Gasteiger partial charge in [0.25, 0.3) is 5.91 Å². The van der Waals surface area contributed by atoms with E-state index < -0.39 is 0 Å². The Kier molecular flexibility index (Phi) is 7.57. The van der Waals surface area contributed by atoms with Crippen molar-refractivity contribution in [3.63, 3.8) is 0 Å². The van der Waals surface area contributed by atoms with Gasteiger partial charge in [0.2, 0.25) is 5.56 Å². The fourth-order valence-corrected chi connectivity index (χ4v) is 3.70. The number of carbonyl (C=O) groups is 1. The van der Waals surface area contributed by atoms with E-state index in [0.717, 1.165) is 16.7 Å². The maximum absolute atomic E-state index is 12.2. The summed E-state index contributed by atoms with van der Waals surface area (Å²) in [6.45, 7) is 2.11. The Hall–Kier alpha value is -3.71. The minimum absolute atomic E-state index is 0.118. The Labute approximate surface area is 186 Å². The molecule has 3 N–H and O–H groups in total. The monoisotopic (exact) mass is 433 g/mol. The topological polar surface area (TPSA) is 104 Å². The van der Waals surface area contributed by atoms with Crippen LogP contribution in [0.4, 0.5) is 0 Å². The summed E-state index contributed by atoms with van der Waals surface area (Å²) in [6, 6.07) is 18.4. The van der Waals surface area contributed by atoms with E-state index >= 15 is 0 Å². The first-order valence-electron chi connectivity index (χ1n) is 10.4. The number of nitrogens with zero attached hydrogens (tertiary/aromatic N) is 2. The predicted octanol–water partition coefficient (Wildman–Crippen LogP) is 2.82. The minimum atomic E-state index is -0.249. The number of hydrogen-bond donors (Lipinski definition) is 3. The molecule has 166 valence electrons. The van der Waals surface area contributed by atoms with Crippen LogP contribution in [-0.4, -0.2) is 39.7 Å². The quantitative estimate of drug-likeness (QED) is 0.289. The molecule has 32 heavy (non-hydrogen) atoms. The number of carbonyl (C=O) groups excluding carboxylic acids is 1. The van der Waals surface area contributed by atoms with Crippen molar-refractivity contribution in [3.8, 4) is 0 Å². The minimum Gasteiger partial charge on any atom is -0.411 e. The molecule has 0 saturated heterocycles. The highest BCUT2D eigenvalue weighted by atomic mass is 16.4. The van der Waals surface area contributed by atoms with Crippen LogP contribution in [0, 0.1) is 6.92 Å². The van der Waals surface area contributed by atoms with Crippen LogP contribution in [0.15, 0.2) is 76.8 Å². The lowest BCUT2D eigenvalue weighted by molar-refractivity contribution is 0.0944. The summed E-state index contributed by atoms with van der Waals surface area (Å²) in [5, 5.41) is 24.9. The molecule has 7 nitrogen and oxygen atoms in total. The molecule has 1 heterocycles. The SMILES string of the molecule is Cc1ccccc1C(C/C(=N\O)c1ccc(=O)n(C)c1)c1ccc(C(=O)NCCO)cc1. The third kappa shape index (κ3) is 5.31. The van der Waals surface area contributed by atoms with Gasteiger partial charge in [0.1, 0.15) is 0 Å². The van der Waals surface area contributed by atoms with Gasteiger partial charge >= 0.3 is 0 Å². The van der Waals surface area contributed by atoms with Gasteiger partial charge in [0, 0.05) is 49.3 Å². The smallest absolute Gasteiger partial charge is 0.251 e. The molecule has 0 radical (unpaired) electrons. The van der Waals surface area contributed by atoms with Gasteiger partial charge in [-0.15, -0.1) is 0 Å². The van der Waals surface area contributed by atoms with E-state index in [4.69, 9.17) is 5.11 Å². The number of aromatic nitrogens is 1. The average Bonchev–Trinajstić information content (AvgIpc) is 2.81. The lowest BCUT2D eigenvalue weighted by Crippen LogP contribution is -2.26. The van der Waals surface area contributed by atoms with Gasteiger partial charge in [-0.1, -0.05) is 41.6 Å². The molecule has 0 spiro atoms. The molecule has 0 fully saturated rings. The molecule has 3 rings (SSSR count). The summed E-state index contributed by atoms with van der Waals surface area (Å²) in [5.41, 5.74) is 4.61. The number of rotatable bonds is 8. The molecule has 1 aromatic heterocycles. The highest BCUT2D eigenvalue weighted by Gasteiger charge is 2.21. The molecule has 1 amide bonds. The maximum Gasteiger partial charge on any atom is 0.251 e. The lowest BCUT2D eigenvalue weighted by Gasteiger charge is -2.21. The summed E-state index contributed by atoms with van der Waals surface area (Å²) in [6.07, 6.45) is 2.05. The number of benzene rings is 2. The van der Waals surface area contributed by atoms with Crippen LogP contribution in [0.5, 0.6) is 0 Å². The number of hydrogen-bond acceptors (Lipinski definition) is 5. The molecular formula is C25H27N3O4. The molecule has 1 atom stereocenters. The molecule has 0 bridgehead atoms. The van der Waals surface area contributed by atoms with Crippen molar-refractivity contribution in [1.82, 2.24) is 9.88 Å². The summed E-state index contributed by atoms with van der Waals surface area (Å²) in [7, 11) is 1.65. The van der Waals surface area contributed by atoms with Gasteiger partial charge in [0.15, 0.2) is 0 Å².